The van der Waals surface area contributed by atoms with Gasteiger partial charge in [-0.15, -0.1) is 0 Å². The molecule has 2 aromatic rings. The van der Waals surface area contributed by atoms with Crippen LogP contribution in [0.4, 0.5) is 0 Å². The maximum atomic E-state index is 5.96. The van der Waals surface area contributed by atoms with E-state index in [0.29, 0.717) is 18.5 Å². The van der Waals surface area contributed by atoms with Crippen LogP contribution in [0.2, 0.25) is 0 Å². The molecule has 164 valence electrons. The highest BCUT2D eigenvalue weighted by molar-refractivity contribution is 5.80. The minimum atomic E-state index is 0.324. The fraction of sp³-hybridized carbons (Fsp3) is 0.565. The molecule has 30 heavy (non-hydrogen) atoms. The first-order valence-corrected chi connectivity index (χ1v) is 10.8. The van der Waals surface area contributed by atoms with Gasteiger partial charge < -0.3 is 24.1 Å². The number of hydrogen-bond donors (Lipinski definition) is 1. The van der Waals surface area contributed by atoms with Crippen LogP contribution in [0.3, 0.4) is 0 Å². The number of hydrogen-bond acceptors (Lipinski definition) is 5. The third-order valence-electron chi connectivity index (χ3n) is 5.18. The number of ether oxygens (including phenoxy) is 2. The van der Waals surface area contributed by atoms with Crippen molar-refractivity contribution in [1.29, 1.82) is 0 Å². The van der Waals surface area contributed by atoms with E-state index in [4.69, 9.17) is 18.9 Å². The lowest BCUT2D eigenvalue weighted by Crippen LogP contribution is -2.47. The highest BCUT2D eigenvalue weighted by Crippen LogP contribution is 2.21. The highest BCUT2D eigenvalue weighted by Gasteiger charge is 2.22. The van der Waals surface area contributed by atoms with Gasteiger partial charge in [0.25, 0.3) is 0 Å². The Morgan fingerprint density at radius 3 is 2.70 bits per heavy atom. The average Bonchev–Trinajstić information content (AvgIpc) is 3.24. The minimum absolute atomic E-state index is 0.324. The normalized spacial score (nSPS) is 15.6. The van der Waals surface area contributed by atoms with Crippen molar-refractivity contribution in [3.63, 3.8) is 0 Å². The summed E-state index contributed by atoms with van der Waals surface area (Å²) < 4.78 is 17.0. The predicted molar refractivity (Wildman–Crippen MR) is 119 cm³/mol. The van der Waals surface area contributed by atoms with Gasteiger partial charge in [0.1, 0.15) is 6.54 Å². The van der Waals surface area contributed by atoms with Crippen molar-refractivity contribution < 1.29 is 13.9 Å². The molecule has 0 saturated carbocycles. The van der Waals surface area contributed by atoms with Crippen molar-refractivity contribution in [3.05, 3.63) is 41.9 Å². The summed E-state index contributed by atoms with van der Waals surface area (Å²) in [5.41, 5.74) is 2.25. The number of guanidine groups is 1. The molecule has 2 heterocycles. The van der Waals surface area contributed by atoms with Crippen LogP contribution < -0.4 is 5.32 Å². The van der Waals surface area contributed by atoms with Gasteiger partial charge in [-0.05, 0) is 33.1 Å². The third kappa shape index (κ3) is 6.57. The zero-order chi connectivity index (χ0) is 21.2. The van der Waals surface area contributed by atoms with Crippen molar-refractivity contribution in [2.75, 3.05) is 40.0 Å². The van der Waals surface area contributed by atoms with Crippen molar-refractivity contribution in [1.82, 2.24) is 15.2 Å². The van der Waals surface area contributed by atoms with Crippen molar-refractivity contribution in [3.8, 4) is 11.3 Å². The van der Waals surface area contributed by atoms with Gasteiger partial charge >= 0.3 is 0 Å². The lowest BCUT2D eigenvalue weighted by molar-refractivity contribution is 0.00989. The first-order chi connectivity index (χ1) is 14.7. The number of aliphatic imine (C=N–C) groups is 1. The number of benzene rings is 1. The van der Waals surface area contributed by atoms with Crippen LogP contribution in [0.15, 0.2) is 39.9 Å². The second-order valence-electron chi connectivity index (χ2n) is 7.56. The number of likely N-dealkylation sites (tertiary alicyclic amines) is 1. The molecule has 3 rings (SSSR count). The van der Waals surface area contributed by atoms with E-state index in [9.17, 15) is 0 Å². The van der Waals surface area contributed by atoms with E-state index >= 15 is 0 Å². The van der Waals surface area contributed by atoms with Crippen molar-refractivity contribution >= 4 is 5.96 Å². The lowest BCUT2D eigenvalue weighted by Gasteiger charge is -2.34. The van der Waals surface area contributed by atoms with Crippen LogP contribution in [-0.2, 0) is 16.0 Å². The van der Waals surface area contributed by atoms with E-state index in [1.165, 1.54) is 5.56 Å². The molecule has 7 heteroatoms. The summed E-state index contributed by atoms with van der Waals surface area (Å²) in [5, 5.41) is 3.39. The van der Waals surface area contributed by atoms with Crippen LogP contribution in [0.1, 0.15) is 37.6 Å². The Morgan fingerprint density at radius 1 is 1.23 bits per heavy atom. The number of aryl methyl sites for hydroxylation is 1. The molecule has 0 bridgehead atoms. The molecular formula is C23H34N4O3. The molecular weight excluding hydrogens is 380 g/mol. The molecule has 1 aromatic carbocycles. The number of methoxy groups -OCH3 is 1. The number of oxazole rings is 1. The first-order valence-electron chi connectivity index (χ1n) is 10.8. The fourth-order valence-corrected chi connectivity index (χ4v) is 3.49. The molecule has 7 nitrogen and oxygen atoms in total. The fourth-order valence-electron chi connectivity index (χ4n) is 3.49. The second kappa shape index (κ2) is 11.7. The van der Waals surface area contributed by atoms with E-state index in [1.54, 1.807) is 13.3 Å². The zero-order valence-electron chi connectivity index (χ0n) is 18.4. The topological polar surface area (TPSA) is 72.1 Å². The summed E-state index contributed by atoms with van der Waals surface area (Å²) in [4.78, 5) is 11.5. The van der Waals surface area contributed by atoms with E-state index in [2.05, 4.69) is 53.3 Å². The van der Waals surface area contributed by atoms with Crippen molar-refractivity contribution in [2.24, 2.45) is 4.99 Å². The molecule has 0 unspecified atom stereocenters. The highest BCUT2D eigenvalue weighted by atomic mass is 16.5. The quantitative estimate of drug-likeness (QED) is 0.384. The standard InChI is InChI=1S/C23H34N4O3/c1-4-24-23(27-12-10-20(11-13-27)29-15-5-14-28-3)26-17-22-25-16-21(30-22)19-8-6-18(2)7-9-19/h6-9,16,20H,4-5,10-15,17H2,1-3H3,(H,24,26). The van der Waals surface area contributed by atoms with Crippen LogP contribution >= 0.6 is 0 Å². The smallest absolute Gasteiger partial charge is 0.216 e. The van der Waals surface area contributed by atoms with Crippen molar-refractivity contribution in [2.45, 2.75) is 45.8 Å². The first kappa shape index (κ1) is 22.3. The Hall–Kier alpha value is -2.38. The summed E-state index contributed by atoms with van der Waals surface area (Å²) in [5.74, 6) is 2.30. The molecule has 0 spiro atoms. The zero-order valence-corrected chi connectivity index (χ0v) is 18.4. The van der Waals surface area contributed by atoms with E-state index in [-0.39, 0.29) is 0 Å². The van der Waals surface area contributed by atoms with Gasteiger partial charge in [-0.25, -0.2) is 9.98 Å². The Kier molecular flexibility index (Phi) is 8.71. The molecule has 1 aliphatic heterocycles. The summed E-state index contributed by atoms with van der Waals surface area (Å²) in [7, 11) is 1.72. The molecule has 1 saturated heterocycles. The number of rotatable bonds is 9. The maximum Gasteiger partial charge on any atom is 0.216 e. The average molecular weight is 415 g/mol. The monoisotopic (exact) mass is 414 g/mol. The predicted octanol–water partition coefficient (Wildman–Crippen LogP) is 3.63. The summed E-state index contributed by atoms with van der Waals surface area (Å²) in [6.07, 6.45) is 5.06. The molecule has 0 aliphatic carbocycles. The third-order valence-corrected chi connectivity index (χ3v) is 5.18. The van der Waals surface area contributed by atoms with Gasteiger partial charge in [-0.1, -0.05) is 29.8 Å². The van der Waals surface area contributed by atoms with Gasteiger partial charge in [0.2, 0.25) is 5.89 Å². The molecule has 1 aromatic heterocycles. The molecule has 0 atom stereocenters. The largest absolute Gasteiger partial charge is 0.439 e. The van der Waals surface area contributed by atoms with E-state index in [0.717, 1.165) is 69.4 Å². The molecule has 0 amide bonds. The molecule has 1 N–H and O–H groups in total. The number of nitrogens with zero attached hydrogens (tertiary/aromatic N) is 3. The van der Waals surface area contributed by atoms with Crippen LogP contribution in [-0.4, -0.2) is 61.9 Å². The number of nitrogens with one attached hydrogen (secondary N) is 1. The van der Waals surface area contributed by atoms with Gasteiger partial charge in [0.05, 0.1) is 12.3 Å². The Labute approximate surface area is 179 Å². The Bertz CT molecular complexity index is 780. The lowest BCUT2D eigenvalue weighted by atomic mass is 10.1. The van der Waals surface area contributed by atoms with Gasteiger partial charge in [-0.3, -0.25) is 0 Å². The maximum absolute atomic E-state index is 5.96. The summed E-state index contributed by atoms with van der Waals surface area (Å²) >= 11 is 0. The molecule has 1 aliphatic rings. The van der Waals surface area contributed by atoms with Gasteiger partial charge in [0, 0.05) is 45.5 Å². The molecule has 1 fully saturated rings. The number of aromatic nitrogens is 1. The Balaban J connectivity index is 1.53. The van der Waals surface area contributed by atoms with Gasteiger partial charge in [-0.2, -0.15) is 0 Å². The van der Waals surface area contributed by atoms with Gasteiger partial charge in [0.15, 0.2) is 11.7 Å². The second-order valence-corrected chi connectivity index (χ2v) is 7.56. The van der Waals surface area contributed by atoms with Crippen LogP contribution in [0.25, 0.3) is 11.3 Å². The number of piperidine rings is 1. The molecule has 0 radical (unpaired) electrons. The van der Waals surface area contributed by atoms with E-state index in [1.807, 2.05) is 0 Å². The SMILES string of the molecule is CCNC(=NCc1ncc(-c2ccc(C)cc2)o1)N1CCC(OCCCOC)CC1. The van der Waals surface area contributed by atoms with E-state index < -0.39 is 0 Å². The van der Waals surface area contributed by atoms with Crippen LogP contribution in [0, 0.1) is 6.92 Å². The summed E-state index contributed by atoms with van der Waals surface area (Å²) in [6.45, 7) is 8.78. The minimum Gasteiger partial charge on any atom is -0.439 e. The van der Waals surface area contributed by atoms with Crippen LogP contribution in [0.5, 0.6) is 0 Å². The summed E-state index contributed by atoms with van der Waals surface area (Å²) in [6, 6.07) is 8.25. The Morgan fingerprint density at radius 2 is 2.00 bits per heavy atom.